The summed E-state index contributed by atoms with van der Waals surface area (Å²) < 4.78 is 5.51. The average Bonchev–Trinajstić information content (AvgIpc) is 3.29. The molecule has 7 nitrogen and oxygen atoms in total. The normalized spacial score (nSPS) is 24.3. The topological polar surface area (TPSA) is 89.8 Å². The largest absolute Gasteiger partial charge is 0.381 e. The van der Waals surface area contributed by atoms with Crippen LogP contribution < -0.4 is 10.9 Å². The summed E-state index contributed by atoms with van der Waals surface area (Å²) in [7, 11) is 1.77. The molecule has 1 atom stereocenters. The molecule has 0 aromatic heterocycles. The van der Waals surface area contributed by atoms with Crippen LogP contribution in [0.15, 0.2) is 41.4 Å². The number of aryl methyl sites for hydroxylation is 1. The van der Waals surface area contributed by atoms with Crippen LogP contribution in [0.25, 0.3) is 0 Å². The lowest BCUT2D eigenvalue weighted by Gasteiger charge is -2.36. The Balaban J connectivity index is 1.35. The molecule has 2 heterocycles. The molecule has 0 bridgehead atoms. The fraction of sp³-hybridized carbons (Fsp3) is 0.464. The van der Waals surface area contributed by atoms with Crippen LogP contribution in [0, 0.1) is 18.3 Å². The summed E-state index contributed by atoms with van der Waals surface area (Å²) in [6.45, 7) is 5.51. The van der Waals surface area contributed by atoms with Crippen LogP contribution in [0.2, 0.25) is 0 Å². The Morgan fingerprint density at radius 1 is 1.14 bits per heavy atom. The molecule has 1 saturated carbocycles. The van der Waals surface area contributed by atoms with Gasteiger partial charge in [-0.25, -0.2) is 10.4 Å². The molecule has 2 fully saturated rings. The number of hydrogen-bond donors (Lipinski definition) is 2. The highest BCUT2D eigenvalue weighted by molar-refractivity contribution is 6.04. The maximum Gasteiger partial charge on any atom is 0.254 e. The first kappa shape index (κ1) is 23.5. The fourth-order valence-electron chi connectivity index (χ4n) is 5.50. The lowest BCUT2D eigenvalue weighted by atomic mass is 9.74. The number of amides is 1. The molecule has 5 rings (SSSR count). The summed E-state index contributed by atoms with van der Waals surface area (Å²) >= 11 is 0. The SMILES string of the molecule is COC1CC(c2cc(C)c(C(=O)N3CCC(c4ccc(C#N)cc4)CC3)cc2C2=NC(C)NN2)C1. The monoisotopic (exact) mass is 471 g/mol. The van der Waals surface area contributed by atoms with E-state index in [0.29, 0.717) is 23.5 Å². The molecule has 0 radical (unpaired) electrons. The number of carbonyl (C=O) groups excluding carboxylic acids is 1. The fourth-order valence-corrected chi connectivity index (χ4v) is 5.50. The number of aliphatic imine (C=N–C) groups is 1. The van der Waals surface area contributed by atoms with Gasteiger partial charge in [0.25, 0.3) is 5.91 Å². The van der Waals surface area contributed by atoms with Crippen LogP contribution in [0.3, 0.4) is 0 Å². The van der Waals surface area contributed by atoms with Crippen LogP contribution in [-0.2, 0) is 4.74 Å². The molecule has 7 heteroatoms. The van der Waals surface area contributed by atoms with Gasteiger partial charge in [0.15, 0.2) is 0 Å². The highest BCUT2D eigenvalue weighted by atomic mass is 16.5. The number of methoxy groups -OCH3 is 1. The van der Waals surface area contributed by atoms with Gasteiger partial charge in [0.2, 0.25) is 0 Å². The first-order valence-electron chi connectivity index (χ1n) is 12.5. The first-order valence-corrected chi connectivity index (χ1v) is 12.5. The van der Waals surface area contributed by atoms with E-state index in [1.165, 1.54) is 11.1 Å². The third-order valence-corrected chi connectivity index (χ3v) is 7.77. The Kier molecular flexibility index (Phi) is 6.59. The minimum absolute atomic E-state index is 0.00679. The molecule has 2 aromatic rings. The van der Waals surface area contributed by atoms with Gasteiger partial charge < -0.3 is 15.1 Å². The van der Waals surface area contributed by atoms with Crippen molar-refractivity contribution in [3.8, 4) is 6.07 Å². The number of nitriles is 1. The number of piperidine rings is 1. The summed E-state index contributed by atoms with van der Waals surface area (Å²) in [5.41, 5.74) is 12.3. The van der Waals surface area contributed by atoms with Crippen molar-refractivity contribution in [2.45, 2.75) is 63.6 Å². The Morgan fingerprint density at radius 2 is 1.86 bits per heavy atom. The molecule has 1 amide bonds. The third-order valence-electron chi connectivity index (χ3n) is 7.77. The zero-order chi connectivity index (χ0) is 24.5. The van der Waals surface area contributed by atoms with Crippen molar-refractivity contribution in [1.82, 2.24) is 15.8 Å². The number of nitrogens with one attached hydrogen (secondary N) is 2. The Hall–Kier alpha value is -3.21. The second-order valence-corrected chi connectivity index (χ2v) is 10.0. The molecule has 1 saturated heterocycles. The smallest absolute Gasteiger partial charge is 0.254 e. The number of rotatable bonds is 5. The van der Waals surface area contributed by atoms with Crippen molar-refractivity contribution in [2.75, 3.05) is 20.2 Å². The van der Waals surface area contributed by atoms with Crippen LogP contribution >= 0.6 is 0 Å². The molecule has 2 N–H and O–H groups in total. The van der Waals surface area contributed by atoms with Gasteiger partial charge in [-0.05, 0) is 86.3 Å². The molecule has 182 valence electrons. The predicted octanol–water partition coefficient (Wildman–Crippen LogP) is 3.98. The number of benzene rings is 2. The third kappa shape index (κ3) is 4.69. The van der Waals surface area contributed by atoms with E-state index < -0.39 is 0 Å². The first-order chi connectivity index (χ1) is 17.0. The van der Waals surface area contributed by atoms with Crippen molar-refractivity contribution < 1.29 is 9.53 Å². The molecule has 2 aliphatic heterocycles. The summed E-state index contributed by atoms with van der Waals surface area (Å²) in [5, 5.41) is 9.04. The van der Waals surface area contributed by atoms with Gasteiger partial charge in [-0.3, -0.25) is 4.79 Å². The number of carbonyl (C=O) groups is 1. The van der Waals surface area contributed by atoms with E-state index in [0.717, 1.165) is 61.3 Å². The van der Waals surface area contributed by atoms with E-state index in [2.05, 4.69) is 35.1 Å². The molecule has 2 aromatic carbocycles. The predicted molar refractivity (Wildman–Crippen MR) is 135 cm³/mol. The van der Waals surface area contributed by atoms with Crippen LogP contribution in [-0.4, -0.2) is 49.1 Å². The number of hydrogen-bond acceptors (Lipinski definition) is 6. The molecular formula is C28H33N5O2. The zero-order valence-corrected chi connectivity index (χ0v) is 20.7. The molecule has 1 aliphatic carbocycles. The summed E-state index contributed by atoms with van der Waals surface area (Å²) in [4.78, 5) is 20.3. The van der Waals surface area contributed by atoms with E-state index in [1.54, 1.807) is 7.11 Å². The Labute approximate surface area is 207 Å². The lowest BCUT2D eigenvalue weighted by Crippen LogP contribution is -2.39. The van der Waals surface area contributed by atoms with Crippen molar-refractivity contribution in [2.24, 2.45) is 4.99 Å². The maximum absolute atomic E-state index is 13.6. The quantitative estimate of drug-likeness (QED) is 0.689. The molecule has 1 unspecified atom stereocenters. The summed E-state index contributed by atoms with van der Waals surface area (Å²) in [6, 6.07) is 14.3. The summed E-state index contributed by atoms with van der Waals surface area (Å²) in [5.74, 6) is 1.74. The Morgan fingerprint density at radius 3 is 2.46 bits per heavy atom. The molecule has 0 spiro atoms. The van der Waals surface area contributed by atoms with Gasteiger partial charge in [-0.2, -0.15) is 5.26 Å². The second kappa shape index (κ2) is 9.80. The average molecular weight is 472 g/mol. The lowest BCUT2D eigenvalue weighted by molar-refractivity contribution is 0.0257. The van der Waals surface area contributed by atoms with Gasteiger partial charge in [-0.15, -0.1) is 0 Å². The van der Waals surface area contributed by atoms with E-state index in [-0.39, 0.29) is 12.1 Å². The number of ether oxygens (including phenoxy) is 1. The van der Waals surface area contributed by atoms with E-state index >= 15 is 0 Å². The minimum Gasteiger partial charge on any atom is -0.381 e. The molecule has 3 aliphatic rings. The minimum atomic E-state index is -0.00679. The van der Waals surface area contributed by atoms with Gasteiger partial charge in [0, 0.05) is 31.3 Å². The van der Waals surface area contributed by atoms with Crippen molar-refractivity contribution in [3.63, 3.8) is 0 Å². The molecular weight excluding hydrogens is 438 g/mol. The Bertz CT molecular complexity index is 1170. The second-order valence-electron chi connectivity index (χ2n) is 10.0. The standard InChI is InChI=1S/C28H33N5O2/c1-17-12-25(22-13-23(14-22)35-3)26(27-30-18(2)31-32-27)15-24(17)28(34)33-10-8-21(9-11-33)20-6-4-19(16-29)5-7-20/h4-7,12,15,18,21-23,31H,8-11,13-14H2,1-3H3,(H,30,32). The highest BCUT2D eigenvalue weighted by Crippen LogP contribution is 2.41. The maximum atomic E-state index is 13.6. The van der Waals surface area contributed by atoms with Crippen LogP contribution in [0.5, 0.6) is 0 Å². The molecule has 35 heavy (non-hydrogen) atoms. The number of amidine groups is 1. The van der Waals surface area contributed by atoms with Crippen LogP contribution in [0.4, 0.5) is 0 Å². The van der Waals surface area contributed by atoms with E-state index in [9.17, 15) is 4.79 Å². The van der Waals surface area contributed by atoms with Gasteiger partial charge in [0.1, 0.15) is 12.0 Å². The number of likely N-dealkylation sites (tertiary alicyclic amines) is 1. The van der Waals surface area contributed by atoms with E-state index in [4.69, 9.17) is 15.0 Å². The van der Waals surface area contributed by atoms with Crippen LogP contribution in [0.1, 0.15) is 82.6 Å². The number of hydrazine groups is 1. The van der Waals surface area contributed by atoms with Crippen molar-refractivity contribution >= 4 is 11.7 Å². The highest BCUT2D eigenvalue weighted by Gasteiger charge is 2.34. The van der Waals surface area contributed by atoms with E-state index in [1.807, 2.05) is 36.9 Å². The van der Waals surface area contributed by atoms with Gasteiger partial charge >= 0.3 is 0 Å². The summed E-state index contributed by atoms with van der Waals surface area (Å²) in [6.07, 6.45) is 4.15. The van der Waals surface area contributed by atoms with Gasteiger partial charge in [0.05, 0.1) is 17.7 Å². The van der Waals surface area contributed by atoms with Crippen molar-refractivity contribution in [1.29, 1.82) is 5.26 Å². The number of nitrogens with zero attached hydrogens (tertiary/aromatic N) is 3. The zero-order valence-electron chi connectivity index (χ0n) is 20.7. The van der Waals surface area contributed by atoms with Crippen molar-refractivity contribution in [3.05, 3.63) is 69.8 Å². The van der Waals surface area contributed by atoms with Gasteiger partial charge in [-0.1, -0.05) is 18.2 Å².